The Morgan fingerprint density at radius 2 is 2.17 bits per heavy atom. The van der Waals surface area contributed by atoms with Gasteiger partial charge in [0, 0.05) is 31.4 Å². The van der Waals surface area contributed by atoms with E-state index >= 15 is 0 Å². The van der Waals surface area contributed by atoms with Crippen molar-refractivity contribution in [2.24, 2.45) is 0 Å². The molecule has 6 heteroatoms. The Hall–Kier alpha value is -2.08. The first-order valence-electron chi connectivity index (χ1n) is 8.52. The van der Waals surface area contributed by atoms with Gasteiger partial charge < -0.3 is 19.0 Å². The highest BCUT2D eigenvalue weighted by molar-refractivity contribution is 5.77. The van der Waals surface area contributed by atoms with Crippen LogP contribution < -0.4 is 0 Å². The minimum absolute atomic E-state index is 0.374. The summed E-state index contributed by atoms with van der Waals surface area (Å²) in [5.41, 5.74) is -0.850. The van der Waals surface area contributed by atoms with Crippen LogP contribution in [0.15, 0.2) is 35.3 Å². The molecule has 130 valence electrons. The van der Waals surface area contributed by atoms with Crippen molar-refractivity contribution in [1.29, 1.82) is 0 Å². The van der Waals surface area contributed by atoms with Crippen LogP contribution in [0.1, 0.15) is 43.6 Å². The SMILES string of the molecule is Cc1ccc([C@@H](C)CCN2CCC(C(=O)O)(n3ccnc3)CC2)o1. The van der Waals surface area contributed by atoms with E-state index in [0.29, 0.717) is 18.8 Å². The molecule has 3 rings (SSSR count). The van der Waals surface area contributed by atoms with E-state index in [9.17, 15) is 9.90 Å². The Kier molecular flexibility index (Phi) is 4.76. The average molecular weight is 331 g/mol. The van der Waals surface area contributed by atoms with Gasteiger partial charge in [0.15, 0.2) is 0 Å². The maximum atomic E-state index is 11.9. The molecule has 0 aliphatic carbocycles. The number of nitrogens with zero attached hydrogens (tertiary/aromatic N) is 3. The van der Waals surface area contributed by atoms with Crippen LogP contribution in [0.2, 0.25) is 0 Å². The molecule has 0 radical (unpaired) electrons. The molecule has 6 nitrogen and oxygen atoms in total. The summed E-state index contributed by atoms with van der Waals surface area (Å²) in [5, 5.41) is 9.74. The number of aryl methyl sites for hydroxylation is 1. The molecule has 0 amide bonds. The second-order valence-electron chi connectivity index (χ2n) is 6.79. The first-order chi connectivity index (χ1) is 11.5. The van der Waals surface area contributed by atoms with E-state index in [1.54, 1.807) is 23.3 Å². The molecule has 0 aromatic carbocycles. The Bertz CT molecular complexity index is 670. The quantitative estimate of drug-likeness (QED) is 0.881. The lowest BCUT2D eigenvalue weighted by Gasteiger charge is -2.39. The van der Waals surface area contributed by atoms with Crippen molar-refractivity contribution in [2.45, 2.75) is 44.6 Å². The Balaban J connectivity index is 1.56. The fraction of sp³-hybridized carbons (Fsp3) is 0.556. The molecule has 3 heterocycles. The summed E-state index contributed by atoms with van der Waals surface area (Å²) in [5.74, 6) is 1.59. The standard InChI is InChI=1S/C18H25N3O3/c1-14(16-4-3-15(2)24-16)5-9-20-10-6-18(7-11-20,17(22)23)21-12-8-19-13-21/h3-4,8,12-14H,5-7,9-11H2,1-2H3,(H,22,23)/t14-/m0/s1. The lowest BCUT2D eigenvalue weighted by Crippen LogP contribution is -2.50. The molecule has 1 atom stereocenters. The lowest BCUT2D eigenvalue weighted by atomic mass is 9.87. The van der Waals surface area contributed by atoms with Gasteiger partial charge in [-0.05, 0) is 44.9 Å². The number of piperidine rings is 1. The van der Waals surface area contributed by atoms with Gasteiger partial charge in [0.1, 0.15) is 17.1 Å². The van der Waals surface area contributed by atoms with Crippen molar-refractivity contribution in [1.82, 2.24) is 14.5 Å². The number of carboxylic acids is 1. The monoisotopic (exact) mass is 331 g/mol. The third-order valence-corrected chi connectivity index (χ3v) is 5.21. The van der Waals surface area contributed by atoms with Gasteiger partial charge in [-0.1, -0.05) is 6.92 Å². The summed E-state index contributed by atoms with van der Waals surface area (Å²) in [6.45, 7) is 6.67. The predicted molar refractivity (Wildman–Crippen MR) is 90.0 cm³/mol. The highest BCUT2D eigenvalue weighted by Crippen LogP contribution is 2.31. The number of likely N-dealkylation sites (tertiary alicyclic amines) is 1. The van der Waals surface area contributed by atoms with Gasteiger partial charge in [-0.2, -0.15) is 0 Å². The largest absolute Gasteiger partial charge is 0.479 e. The van der Waals surface area contributed by atoms with Crippen molar-refractivity contribution >= 4 is 5.97 Å². The number of rotatable bonds is 6. The fourth-order valence-electron chi connectivity index (χ4n) is 3.48. The van der Waals surface area contributed by atoms with Crippen LogP contribution in [-0.2, 0) is 10.3 Å². The summed E-state index contributed by atoms with van der Waals surface area (Å²) in [7, 11) is 0. The Morgan fingerprint density at radius 1 is 1.42 bits per heavy atom. The molecule has 1 aliphatic heterocycles. The third-order valence-electron chi connectivity index (χ3n) is 5.21. The Labute approximate surface area is 142 Å². The van der Waals surface area contributed by atoms with Crippen LogP contribution in [0, 0.1) is 6.92 Å². The number of aliphatic carboxylic acids is 1. The van der Waals surface area contributed by atoms with Crippen LogP contribution in [0.4, 0.5) is 0 Å². The number of carbonyl (C=O) groups is 1. The molecule has 0 unspecified atom stereocenters. The summed E-state index contributed by atoms with van der Waals surface area (Å²) in [6.07, 6.45) is 7.23. The van der Waals surface area contributed by atoms with Crippen molar-refractivity contribution in [2.75, 3.05) is 19.6 Å². The Morgan fingerprint density at radius 3 is 2.71 bits per heavy atom. The van der Waals surface area contributed by atoms with E-state index < -0.39 is 11.5 Å². The van der Waals surface area contributed by atoms with Crippen LogP contribution in [0.25, 0.3) is 0 Å². The molecule has 2 aromatic heterocycles. The molecule has 24 heavy (non-hydrogen) atoms. The summed E-state index contributed by atoms with van der Waals surface area (Å²) < 4.78 is 7.44. The van der Waals surface area contributed by atoms with Crippen LogP contribution in [-0.4, -0.2) is 45.2 Å². The normalized spacial score (nSPS) is 19.2. The number of hydrogen-bond acceptors (Lipinski definition) is 4. The molecule has 0 bridgehead atoms. The lowest BCUT2D eigenvalue weighted by molar-refractivity contribution is -0.150. The molecule has 2 aromatic rings. The number of hydrogen-bond donors (Lipinski definition) is 1. The molecule has 0 spiro atoms. The van der Waals surface area contributed by atoms with Crippen LogP contribution in [0.5, 0.6) is 0 Å². The smallest absolute Gasteiger partial charge is 0.330 e. The second-order valence-corrected chi connectivity index (χ2v) is 6.79. The highest BCUT2D eigenvalue weighted by Gasteiger charge is 2.42. The minimum Gasteiger partial charge on any atom is -0.479 e. The topological polar surface area (TPSA) is 71.5 Å². The van der Waals surface area contributed by atoms with E-state index in [1.807, 2.05) is 19.1 Å². The zero-order valence-corrected chi connectivity index (χ0v) is 14.3. The molecule has 0 saturated carbocycles. The maximum Gasteiger partial charge on any atom is 0.330 e. The van der Waals surface area contributed by atoms with Gasteiger partial charge >= 0.3 is 5.97 Å². The van der Waals surface area contributed by atoms with Crippen molar-refractivity contribution in [3.05, 3.63) is 42.4 Å². The van der Waals surface area contributed by atoms with Gasteiger partial charge in [0.25, 0.3) is 0 Å². The third kappa shape index (κ3) is 3.24. The molecule has 1 fully saturated rings. The van der Waals surface area contributed by atoms with Gasteiger partial charge in [-0.25, -0.2) is 9.78 Å². The number of carboxylic acid groups (broad SMARTS) is 1. The van der Waals surface area contributed by atoms with Crippen molar-refractivity contribution < 1.29 is 14.3 Å². The van der Waals surface area contributed by atoms with E-state index in [0.717, 1.165) is 37.6 Å². The highest BCUT2D eigenvalue weighted by atomic mass is 16.4. The molecule has 1 aliphatic rings. The molecule has 1 N–H and O–H groups in total. The number of imidazole rings is 1. The molecule has 1 saturated heterocycles. The fourth-order valence-corrected chi connectivity index (χ4v) is 3.48. The first-order valence-corrected chi connectivity index (χ1v) is 8.52. The zero-order valence-electron chi connectivity index (χ0n) is 14.3. The van der Waals surface area contributed by atoms with Crippen LogP contribution >= 0.6 is 0 Å². The van der Waals surface area contributed by atoms with Crippen molar-refractivity contribution in [3.63, 3.8) is 0 Å². The van der Waals surface area contributed by atoms with Crippen LogP contribution in [0.3, 0.4) is 0 Å². The molecular weight excluding hydrogens is 306 g/mol. The van der Waals surface area contributed by atoms with Gasteiger partial charge in [-0.3, -0.25) is 0 Å². The van der Waals surface area contributed by atoms with Gasteiger partial charge in [-0.15, -0.1) is 0 Å². The number of furan rings is 1. The minimum atomic E-state index is -0.850. The van der Waals surface area contributed by atoms with Gasteiger partial charge in [0.2, 0.25) is 0 Å². The predicted octanol–water partition coefficient (Wildman–Crippen LogP) is 2.85. The maximum absolute atomic E-state index is 11.9. The summed E-state index contributed by atoms with van der Waals surface area (Å²) in [6, 6.07) is 4.05. The molecular formula is C18H25N3O3. The average Bonchev–Trinajstić information content (AvgIpc) is 3.24. The van der Waals surface area contributed by atoms with E-state index in [4.69, 9.17) is 4.42 Å². The second kappa shape index (κ2) is 6.81. The summed E-state index contributed by atoms with van der Waals surface area (Å²) in [4.78, 5) is 18.2. The number of aromatic nitrogens is 2. The zero-order chi connectivity index (χ0) is 17.2. The van der Waals surface area contributed by atoms with Gasteiger partial charge in [0.05, 0.1) is 6.33 Å². The van der Waals surface area contributed by atoms with E-state index in [-0.39, 0.29) is 0 Å². The first kappa shape index (κ1) is 16.8. The van der Waals surface area contributed by atoms with Crippen molar-refractivity contribution in [3.8, 4) is 0 Å². The van der Waals surface area contributed by atoms with E-state index in [1.165, 1.54) is 0 Å². The summed E-state index contributed by atoms with van der Waals surface area (Å²) >= 11 is 0. The van der Waals surface area contributed by atoms with E-state index in [2.05, 4.69) is 16.8 Å².